The molecule has 1 fully saturated rings. The van der Waals surface area contributed by atoms with Crippen LogP contribution in [0.5, 0.6) is 11.5 Å². The van der Waals surface area contributed by atoms with Gasteiger partial charge in [0.1, 0.15) is 0 Å². The average Bonchev–Trinajstić information content (AvgIpc) is 3.15. The maximum Gasteiger partial charge on any atom is 0.303 e. The van der Waals surface area contributed by atoms with Gasteiger partial charge < -0.3 is 14.2 Å². The first kappa shape index (κ1) is 14.0. The van der Waals surface area contributed by atoms with Gasteiger partial charge in [-0.2, -0.15) is 0 Å². The third-order valence-corrected chi connectivity index (χ3v) is 5.40. The molecule has 4 aliphatic rings. The van der Waals surface area contributed by atoms with Gasteiger partial charge in [0.05, 0.1) is 0 Å². The lowest BCUT2D eigenvalue weighted by molar-refractivity contribution is -0.154. The smallest absolute Gasteiger partial charge is 0.303 e. The summed E-state index contributed by atoms with van der Waals surface area (Å²) in [5.74, 6) is 0.720. The minimum Gasteiger partial charge on any atom is -0.454 e. The quantitative estimate of drug-likeness (QED) is 0.729. The van der Waals surface area contributed by atoms with Crippen molar-refractivity contribution in [3.63, 3.8) is 0 Å². The van der Waals surface area contributed by atoms with E-state index in [1.165, 1.54) is 6.92 Å². The molecule has 0 N–H and O–H groups in total. The maximum atomic E-state index is 12.6. The van der Waals surface area contributed by atoms with Crippen LogP contribution >= 0.6 is 0 Å². The fourth-order valence-electron chi connectivity index (χ4n) is 4.50. The van der Waals surface area contributed by atoms with Crippen molar-refractivity contribution in [1.29, 1.82) is 0 Å². The Labute approximate surface area is 139 Å². The summed E-state index contributed by atoms with van der Waals surface area (Å²) < 4.78 is 16.4. The number of rotatable bonds is 1. The molecule has 6 heteroatoms. The van der Waals surface area contributed by atoms with Crippen molar-refractivity contribution in [2.75, 3.05) is 13.3 Å². The molecule has 124 valence electrons. The van der Waals surface area contributed by atoms with Crippen LogP contribution in [0, 0.1) is 0 Å². The van der Waals surface area contributed by atoms with Crippen molar-refractivity contribution in [2.45, 2.75) is 38.0 Å². The minimum atomic E-state index is -0.767. The Morgan fingerprint density at radius 1 is 1.29 bits per heavy atom. The lowest BCUT2D eigenvalue weighted by atomic mass is 9.73. The molecule has 1 aromatic rings. The summed E-state index contributed by atoms with van der Waals surface area (Å²) >= 11 is 0. The standard InChI is InChI=1S/C18H17NO5/c1-9(20)24-18-13(21)4-10-2-3-19-7-11-5-14-15(23-8-22-14)6-12(11)16(18)17(10)19/h4-6,16-18H,2-3,7-8H2,1H3/t16-,17+,18+/m0/s1. The van der Waals surface area contributed by atoms with Crippen LogP contribution in [-0.4, -0.2) is 42.1 Å². The minimum absolute atomic E-state index is 0.117. The zero-order valence-electron chi connectivity index (χ0n) is 13.3. The molecule has 0 amide bonds. The van der Waals surface area contributed by atoms with Crippen molar-refractivity contribution in [1.82, 2.24) is 4.90 Å². The summed E-state index contributed by atoms with van der Waals surface area (Å²) in [5.41, 5.74) is 3.30. The van der Waals surface area contributed by atoms with Crippen molar-refractivity contribution >= 4 is 11.8 Å². The number of carbonyl (C=O) groups is 2. The van der Waals surface area contributed by atoms with E-state index in [2.05, 4.69) is 4.90 Å². The van der Waals surface area contributed by atoms with E-state index in [0.717, 1.165) is 42.0 Å². The van der Waals surface area contributed by atoms with Gasteiger partial charge in [-0.05, 0) is 41.3 Å². The van der Waals surface area contributed by atoms with Crippen molar-refractivity contribution in [3.05, 3.63) is 34.9 Å². The first-order valence-electron chi connectivity index (χ1n) is 8.20. The summed E-state index contributed by atoms with van der Waals surface area (Å²) in [6.45, 7) is 3.29. The zero-order chi connectivity index (χ0) is 16.4. The highest BCUT2D eigenvalue weighted by molar-refractivity contribution is 5.98. The second-order valence-electron chi connectivity index (χ2n) is 6.75. The number of carbonyl (C=O) groups excluding carboxylic acids is 2. The molecule has 3 heterocycles. The van der Waals surface area contributed by atoms with Gasteiger partial charge in [-0.1, -0.05) is 0 Å². The highest BCUT2D eigenvalue weighted by Gasteiger charge is 2.50. The number of benzene rings is 1. The SMILES string of the molecule is CC(=O)O[C@@H]1C(=O)C=C2CCN3Cc4cc5c(cc4[C@H]1[C@@H]23)OCO5. The molecule has 3 aliphatic heterocycles. The molecule has 3 atom stereocenters. The fraction of sp³-hybridized carbons (Fsp3) is 0.444. The number of nitrogens with zero attached hydrogens (tertiary/aromatic N) is 1. The first-order chi connectivity index (χ1) is 11.6. The Morgan fingerprint density at radius 2 is 2.08 bits per heavy atom. The second kappa shape index (κ2) is 4.83. The molecule has 0 unspecified atom stereocenters. The van der Waals surface area contributed by atoms with Crippen LogP contribution in [0.15, 0.2) is 23.8 Å². The number of ketones is 1. The summed E-state index contributed by atoms with van der Waals surface area (Å²) in [7, 11) is 0. The van der Waals surface area contributed by atoms with E-state index in [0.29, 0.717) is 5.75 Å². The molecule has 24 heavy (non-hydrogen) atoms. The number of esters is 1. The highest BCUT2D eigenvalue weighted by atomic mass is 16.7. The van der Waals surface area contributed by atoms with Crippen LogP contribution in [0.3, 0.4) is 0 Å². The Hall–Kier alpha value is -2.34. The maximum absolute atomic E-state index is 12.6. The molecule has 1 aromatic carbocycles. The van der Waals surface area contributed by atoms with Crippen LogP contribution < -0.4 is 9.47 Å². The largest absolute Gasteiger partial charge is 0.454 e. The number of fused-ring (bicyclic) bond motifs is 3. The van der Waals surface area contributed by atoms with E-state index in [9.17, 15) is 9.59 Å². The van der Waals surface area contributed by atoms with Gasteiger partial charge in [0.25, 0.3) is 0 Å². The summed E-state index contributed by atoms with van der Waals surface area (Å²) in [6, 6.07) is 4.09. The third kappa shape index (κ3) is 1.86. The topological polar surface area (TPSA) is 65.1 Å². The van der Waals surface area contributed by atoms with Crippen molar-refractivity contribution < 1.29 is 23.8 Å². The summed E-state index contributed by atoms with van der Waals surface area (Å²) in [4.78, 5) is 26.5. The van der Waals surface area contributed by atoms with Gasteiger partial charge in [-0.3, -0.25) is 14.5 Å². The molecule has 1 saturated heterocycles. The Kier molecular flexibility index (Phi) is 2.83. The van der Waals surface area contributed by atoms with E-state index in [1.807, 2.05) is 12.1 Å². The van der Waals surface area contributed by atoms with E-state index >= 15 is 0 Å². The fourth-order valence-corrected chi connectivity index (χ4v) is 4.50. The van der Waals surface area contributed by atoms with E-state index in [1.54, 1.807) is 6.08 Å². The van der Waals surface area contributed by atoms with Crippen molar-refractivity contribution in [3.8, 4) is 11.5 Å². The average molecular weight is 327 g/mol. The molecule has 0 saturated carbocycles. The number of hydrogen-bond donors (Lipinski definition) is 0. The monoisotopic (exact) mass is 327 g/mol. The molecule has 6 nitrogen and oxygen atoms in total. The van der Waals surface area contributed by atoms with E-state index in [-0.39, 0.29) is 24.5 Å². The van der Waals surface area contributed by atoms with Gasteiger partial charge in [0, 0.05) is 32.0 Å². The number of hydrogen-bond acceptors (Lipinski definition) is 6. The molecular weight excluding hydrogens is 310 g/mol. The molecule has 0 radical (unpaired) electrons. The predicted molar refractivity (Wildman–Crippen MR) is 82.8 cm³/mol. The van der Waals surface area contributed by atoms with Crippen LogP contribution in [0.25, 0.3) is 0 Å². The number of ether oxygens (including phenoxy) is 3. The van der Waals surface area contributed by atoms with Gasteiger partial charge in [-0.15, -0.1) is 0 Å². The molecule has 0 spiro atoms. The predicted octanol–water partition coefficient (Wildman–Crippen LogP) is 1.53. The summed E-state index contributed by atoms with van der Waals surface area (Å²) in [6.07, 6.45) is 1.81. The summed E-state index contributed by atoms with van der Waals surface area (Å²) in [5, 5.41) is 0. The molecule has 0 bridgehead atoms. The molecule has 1 aliphatic carbocycles. The van der Waals surface area contributed by atoms with Crippen LogP contribution in [0.4, 0.5) is 0 Å². The van der Waals surface area contributed by atoms with Crippen LogP contribution in [-0.2, 0) is 20.9 Å². The molecule has 0 aromatic heterocycles. The Balaban J connectivity index is 1.68. The lowest BCUT2D eigenvalue weighted by Crippen LogP contribution is -2.50. The van der Waals surface area contributed by atoms with Crippen LogP contribution in [0.2, 0.25) is 0 Å². The van der Waals surface area contributed by atoms with Crippen molar-refractivity contribution in [2.24, 2.45) is 0 Å². The third-order valence-electron chi connectivity index (χ3n) is 5.40. The lowest BCUT2D eigenvalue weighted by Gasteiger charge is -2.43. The Morgan fingerprint density at radius 3 is 2.88 bits per heavy atom. The molecular formula is C18H17NO5. The molecule has 5 rings (SSSR count). The van der Waals surface area contributed by atoms with E-state index in [4.69, 9.17) is 14.2 Å². The Bertz CT molecular complexity index is 799. The van der Waals surface area contributed by atoms with Gasteiger partial charge >= 0.3 is 5.97 Å². The van der Waals surface area contributed by atoms with Gasteiger partial charge in [-0.25, -0.2) is 0 Å². The first-order valence-corrected chi connectivity index (χ1v) is 8.20. The van der Waals surface area contributed by atoms with E-state index < -0.39 is 12.1 Å². The highest BCUT2D eigenvalue weighted by Crippen LogP contribution is 2.49. The second-order valence-corrected chi connectivity index (χ2v) is 6.75. The van der Waals surface area contributed by atoms with Crippen LogP contribution in [0.1, 0.15) is 30.4 Å². The van der Waals surface area contributed by atoms with Gasteiger partial charge in [0.15, 0.2) is 23.4 Å². The normalized spacial score (nSPS) is 29.8. The zero-order valence-corrected chi connectivity index (χ0v) is 13.3. The van der Waals surface area contributed by atoms with Gasteiger partial charge in [0.2, 0.25) is 6.79 Å².